The lowest BCUT2D eigenvalue weighted by Crippen LogP contribution is -2.15. The Labute approximate surface area is 117 Å². The number of hydrogen-bond donors (Lipinski definition) is 2. The molecule has 0 aromatic heterocycles. The summed E-state index contributed by atoms with van der Waals surface area (Å²) >= 11 is 0. The first-order chi connectivity index (χ1) is 9.50. The van der Waals surface area contributed by atoms with Crippen LogP contribution < -0.4 is 10.5 Å². The van der Waals surface area contributed by atoms with E-state index >= 15 is 0 Å². The number of nitrogens with one attached hydrogen (secondary N) is 1. The molecule has 0 saturated carbocycles. The van der Waals surface area contributed by atoms with E-state index in [1.54, 1.807) is 24.3 Å². The first-order valence-electron chi connectivity index (χ1n) is 6.03. The molecule has 6 heteroatoms. The summed E-state index contributed by atoms with van der Waals surface area (Å²) in [6.45, 7) is 0.0140. The number of sulfonamides is 1. The Morgan fingerprint density at radius 1 is 1.10 bits per heavy atom. The molecule has 2 aromatic carbocycles. The molecule has 0 unspecified atom stereocenters. The predicted octanol–water partition coefficient (Wildman–Crippen LogP) is 2.23. The fraction of sp³-hybridized carbons (Fsp3) is 0.143. The quantitative estimate of drug-likeness (QED) is 0.888. The SMILES string of the molecule is NCc1cc(NS(=O)(=O)Cc2ccccc2)ccc1F. The van der Waals surface area contributed by atoms with Crippen LogP contribution in [0.5, 0.6) is 0 Å². The fourth-order valence-corrected chi connectivity index (χ4v) is 2.99. The Morgan fingerprint density at radius 2 is 1.80 bits per heavy atom. The molecular weight excluding hydrogens is 279 g/mol. The molecule has 4 nitrogen and oxygen atoms in total. The van der Waals surface area contributed by atoms with Crippen LogP contribution in [0.4, 0.5) is 10.1 Å². The third kappa shape index (κ3) is 3.79. The van der Waals surface area contributed by atoms with Crippen molar-refractivity contribution in [1.29, 1.82) is 0 Å². The van der Waals surface area contributed by atoms with Gasteiger partial charge in [0.1, 0.15) is 5.82 Å². The largest absolute Gasteiger partial charge is 0.326 e. The average molecular weight is 294 g/mol. The molecule has 0 bridgehead atoms. The smallest absolute Gasteiger partial charge is 0.236 e. The Bertz CT molecular complexity index is 688. The van der Waals surface area contributed by atoms with Gasteiger partial charge in [-0.25, -0.2) is 12.8 Å². The van der Waals surface area contributed by atoms with Gasteiger partial charge in [-0.1, -0.05) is 30.3 Å². The molecule has 106 valence electrons. The number of rotatable bonds is 5. The van der Waals surface area contributed by atoms with Gasteiger partial charge in [0.05, 0.1) is 5.75 Å². The minimum Gasteiger partial charge on any atom is -0.326 e. The zero-order valence-electron chi connectivity index (χ0n) is 10.7. The van der Waals surface area contributed by atoms with Gasteiger partial charge in [-0.05, 0) is 23.8 Å². The van der Waals surface area contributed by atoms with E-state index in [1.807, 2.05) is 6.07 Å². The van der Waals surface area contributed by atoms with E-state index in [-0.39, 0.29) is 17.9 Å². The number of halogens is 1. The lowest BCUT2D eigenvalue weighted by atomic mass is 10.2. The molecule has 2 rings (SSSR count). The van der Waals surface area contributed by atoms with Crippen LogP contribution in [-0.2, 0) is 22.3 Å². The summed E-state index contributed by atoms with van der Waals surface area (Å²) in [6.07, 6.45) is 0. The van der Waals surface area contributed by atoms with Crippen molar-refractivity contribution in [2.75, 3.05) is 4.72 Å². The van der Waals surface area contributed by atoms with Crippen LogP contribution >= 0.6 is 0 Å². The van der Waals surface area contributed by atoms with Gasteiger partial charge >= 0.3 is 0 Å². The average Bonchev–Trinajstić information content (AvgIpc) is 2.41. The van der Waals surface area contributed by atoms with Crippen molar-refractivity contribution in [3.8, 4) is 0 Å². The van der Waals surface area contributed by atoms with Crippen molar-refractivity contribution in [2.24, 2.45) is 5.73 Å². The third-order valence-electron chi connectivity index (χ3n) is 2.74. The van der Waals surface area contributed by atoms with E-state index in [0.29, 0.717) is 11.3 Å². The standard InChI is InChI=1S/C14H15FN2O2S/c15-14-7-6-13(8-12(14)9-16)17-20(18,19)10-11-4-2-1-3-5-11/h1-8,17H,9-10,16H2. The molecular formula is C14H15FN2O2S. The van der Waals surface area contributed by atoms with Crippen LogP contribution in [0.2, 0.25) is 0 Å². The summed E-state index contributed by atoms with van der Waals surface area (Å²) in [5, 5.41) is 0. The molecule has 3 N–H and O–H groups in total. The van der Waals surface area contributed by atoms with Crippen molar-refractivity contribution < 1.29 is 12.8 Å². The lowest BCUT2D eigenvalue weighted by Gasteiger charge is -2.09. The van der Waals surface area contributed by atoms with E-state index in [4.69, 9.17) is 5.73 Å². The van der Waals surface area contributed by atoms with Gasteiger partial charge in [-0.15, -0.1) is 0 Å². The molecule has 2 aromatic rings. The Balaban J connectivity index is 2.16. The van der Waals surface area contributed by atoms with Crippen LogP contribution in [0, 0.1) is 5.82 Å². The monoisotopic (exact) mass is 294 g/mol. The van der Waals surface area contributed by atoms with Crippen molar-refractivity contribution >= 4 is 15.7 Å². The summed E-state index contributed by atoms with van der Waals surface area (Å²) in [6, 6.07) is 12.8. The minimum atomic E-state index is -3.54. The molecule has 0 aliphatic rings. The number of benzene rings is 2. The highest BCUT2D eigenvalue weighted by Gasteiger charge is 2.12. The number of nitrogens with two attached hydrogens (primary N) is 1. The molecule has 0 amide bonds. The summed E-state index contributed by atoms with van der Waals surface area (Å²) in [4.78, 5) is 0. The van der Waals surface area contributed by atoms with Gasteiger partial charge in [0.25, 0.3) is 0 Å². The molecule has 0 spiro atoms. The van der Waals surface area contributed by atoms with Gasteiger partial charge in [0, 0.05) is 17.8 Å². The maximum absolute atomic E-state index is 13.3. The normalized spacial score (nSPS) is 11.3. The van der Waals surface area contributed by atoms with Crippen LogP contribution in [0.15, 0.2) is 48.5 Å². The third-order valence-corrected chi connectivity index (χ3v) is 4.00. The zero-order chi connectivity index (χ0) is 14.6. The van der Waals surface area contributed by atoms with Gasteiger partial charge in [0.2, 0.25) is 10.0 Å². The first-order valence-corrected chi connectivity index (χ1v) is 7.68. The van der Waals surface area contributed by atoms with Crippen molar-refractivity contribution in [2.45, 2.75) is 12.3 Å². The summed E-state index contributed by atoms with van der Waals surface area (Å²) in [5.74, 6) is -0.582. The Kier molecular flexibility index (Phi) is 4.36. The predicted molar refractivity (Wildman–Crippen MR) is 77.0 cm³/mol. The van der Waals surface area contributed by atoms with E-state index in [1.165, 1.54) is 18.2 Å². The second-order valence-corrected chi connectivity index (χ2v) is 6.08. The lowest BCUT2D eigenvalue weighted by molar-refractivity contribution is 0.599. The highest BCUT2D eigenvalue weighted by Crippen LogP contribution is 2.17. The first kappa shape index (κ1) is 14.5. The summed E-state index contributed by atoms with van der Waals surface area (Å²) < 4.78 is 39.7. The second kappa shape index (κ2) is 6.02. The molecule has 0 aliphatic heterocycles. The fourth-order valence-electron chi connectivity index (χ4n) is 1.80. The number of hydrogen-bond acceptors (Lipinski definition) is 3. The topological polar surface area (TPSA) is 72.2 Å². The Morgan fingerprint density at radius 3 is 2.45 bits per heavy atom. The summed E-state index contributed by atoms with van der Waals surface area (Å²) in [5.41, 5.74) is 6.65. The Hall–Kier alpha value is -1.92. The molecule has 20 heavy (non-hydrogen) atoms. The van der Waals surface area contributed by atoms with Crippen LogP contribution in [0.25, 0.3) is 0 Å². The molecule has 0 atom stereocenters. The molecule has 0 aliphatic carbocycles. The van der Waals surface area contributed by atoms with Gasteiger partial charge in [-0.3, -0.25) is 4.72 Å². The van der Waals surface area contributed by atoms with Crippen molar-refractivity contribution in [1.82, 2.24) is 0 Å². The summed E-state index contributed by atoms with van der Waals surface area (Å²) in [7, 11) is -3.54. The molecule has 0 radical (unpaired) electrons. The van der Waals surface area contributed by atoms with Crippen molar-refractivity contribution in [3.05, 3.63) is 65.5 Å². The maximum Gasteiger partial charge on any atom is 0.236 e. The van der Waals surface area contributed by atoms with Crippen LogP contribution in [0.3, 0.4) is 0 Å². The molecule has 0 fully saturated rings. The van der Waals surface area contributed by atoms with E-state index in [0.717, 1.165) is 0 Å². The van der Waals surface area contributed by atoms with E-state index < -0.39 is 15.8 Å². The molecule has 0 heterocycles. The van der Waals surface area contributed by atoms with E-state index in [9.17, 15) is 12.8 Å². The van der Waals surface area contributed by atoms with Crippen LogP contribution in [-0.4, -0.2) is 8.42 Å². The molecule has 0 saturated heterocycles. The van der Waals surface area contributed by atoms with Gasteiger partial charge in [0.15, 0.2) is 0 Å². The highest BCUT2D eigenvalue weighted by molar-refractivity contribution is 7.91. The zero-order valence-corrected chi connectivity index (χ0v) is 11.5. The van der Waals surface area contributed by atoms with Gasteiger partial charge < -0.3 is 5.73 Å². The van der Waals surface area contributed by atoms with Crippen LogP contribution in [0.1, 0.15) is 11.1 Å². The second-order valence-electron chi connectivity index (χ2n) is 4.36. The van der Waals surface area contributed by atoms with Crippen molar-refractivity contribution in [3.63, 3.8) is 0 Å². The highest BCUT2D eigenvalue weighted by atomic mass is 32.2. The number of anilines is 1. The minimum absolute atomic E-state index is 0.0140. The van der Waals surface area contributed by atoms with Gasteiger partial charge in [-0.2, -0.15) is 0 Å². The van der Waals surface area contributed by atoms with E-state index in [2.05, 4.69) is 4.72 Å². The maximum atomic E-state index is 13.3.